The second-order valence-electron chi connectivity index (χ2n) is 5.91. The highest BCUT2D eigenvalue weighted by atomic mass is 35.5. The molecule has 1 fully saturated rings. The minimum atomic E-state index is -0.423. The molecular weight excluding hydrogens is 312 g/mol. The number of rotatable bonds is 4. The minimum Gasteiger partial charge on any atom is -0.325 e. The molecule has 1 aliphatic carbocycles. The third kappa shape index (κ3) is 4.33. The van der Waals surface area contributed by atoms with Gasteiger partial charge in [-0.1, -0.05) is 25.3 Å². The third-order valence-corrected chi connectivity index (χ3v) is 4.34. The lowest BCUT2D eigenvalue weighted by Crippen LogP contribution is -2.42. The molecule has 3 rings (SSSR count). The molecule has 1 saturated carbocycles. The van der Waals surface area contributed by atoms with E-state index in [1.807, 2.05) is 36.5 Å². The summed E-state index contributed by atoms with van der Waals surface area (Å²) in [6.07, 6.45) is 9.33. The number of benzene rings is 1. The van der Waals surface area contributed by atoms with Crippen LogP contribution in [0.2, 0.25) is 0 Å². The Labute approximate surface area is 142 Å². The first-order valence-corrected chi connectivity index (χ1v) is 7.90. The Morgan fingerprint density at radius 3 is 2.74 bits per heavy atom. The van der Waals surface area contributed by atoms with Gasteiger partial charge in [-0.25, -0.2) is 4.68 Å². The SMILES string of the molecule is Cl.N[C@H](C(=O)Nc1cccc(-n2cccn2)c1)C1CCCCC1. The van der Waals surface area contributed by atoms with Crippen molar-refractivity contribution in [2.75, 3.05) is 5.32 Å². The highest BCUT2D eigenvalue weighted by Crippen LogP contribution is 2.26. The van der Waals surface area contributed by atoms with Crippen LogP contribution in [-0.4, -0.2) is 21.7 Å². The van der Waals surface area contributed by atoms with Crippen molar-refractivity contribution in [1.29, 1.82) is 0 Å². The van der Waals surface area contributed by atoms with Crippen molar-refractivity contribution in [3.63, 3.8) is 0 Å². The van der Waals surface area contributed by atoms with Crippen molar-refractivity contribution in [3.05, 3.63) is 42.7 Å². The van der Waals surface area contributed by atoms with Crippen molar-refractivity contribution in [2.24, 2.45) is 11.7 Å². The van der Waals surface area contributed by atoms with E-state index in [0.717, 1.165) is 24.2 Å². The van der Waals surface area contributed by atoms with Gasteiger partial charge in [-0.2, -0.15) is 5.10 Å². The van der Waals surface area contributed by atoms with Gasteiger partial charge in [-0.3, -0.25) is 4.79 Å². The first-order chi connectivity index (χ1) is 10.7. The predicted octanol–water partition coefficient (Wildman–Crippen LogP) is 3.14. The molecule has 1 aromatic heterocycles. The van der Waals surface area contributed by atoms with E-state index in [1.54, 1.807) is 10.9 Å². The second kappa shape index (κ2) is 8.13. The molecule has 1 heterocycles. The van der Waals surface area contributed by atoms with E-state index in [4.69, 9.17) is 5.73 Å². The summed E-state index contributed by atoms with van der Waals surface area (Å²) < 4.78 is 1.76. The molecule has 0 radical (unpaired) electrons. The smallest absolute Gasteiger partial charge is 0.241 e. The fraction of sp³-hybridized carbons (Fsp3) is 0.412. The Morgan fingerprint density at radius 2 is 2.04 bits per heavy atom. The molecule has 5 nitrogen and oxygen atoms in total. The van der Waals surface area contributed by atoms with Crippen molar-refractivity contribution in [1.82, 2.24) is 9.78 Å². The van der Waals surface area contributed by atoms with E-state index >= 15 is 0 Å². The highest BCUT2D eigenvalue weighted by molar-refractivity contribution is 5.95. The van der Waals surface area contributed by atoms with E-state index in [9.17, 15) is 4.79 Å². The number of carbonyl (C=O) groups excluding carboxylic acids is 1. The molecule has 1 amide bonds. The first kappa shape index (κ1) is 17.5. The van der Waals surface area contributed by atoms with Gasteiger partial charge in [0.2, 0.25) is 5.91 Å². The average Bonchev–Trinajstić information content (AvgIpc) is 3.10. The van der Waals surface area contributed by atoms with Gasteiger partial charge < -0.3 is 11.1 Å². The van der Waals surface area contributed by atoms with Gasteiger partial charge >= 0.3 is 0 Å². The third-order valence-electron chi connectivity index (χ3n) is 4.34. The lowest BCUT2D eigenvalue weighted by Gasteiger charge is -2.26. The summed E-state index contributed by atoms with van der Waals surface area (Å²) in [5.41, 5.74) is 7.81. The van der Waals surface area contributed by atoms with Gasteiger partial charge in [0.05, 0.1) is 11.7 Å². The highest BCUT2D eigenvalue weighted by Gasteiger charge is 2.26. The molecule has 1 atom stereocenters. The quantitative estimate of drug-likeness (QED) is 0.902. The van der Waals surface area contributed by atoms with Crippen LogP contribution in [-0.2, 0) is 4.79 Å². The van der Waals surface area contributed by atoms with Crippen LogP contribution in [0.15, 0.2) is 42.7 Å². The molecule has 2 aromatic rings. The van der Waals surface area contributed by atoms with Crippen LogP contribution >= 0.6 is 12.4 Å². The van der Waals surface area contributed by atoms with Gasteiger partial charge in [-0.05, 0) is 43.0 Å². The molecule has 0 aliphatic heterocycles. The fourth-order valence-electron chi connectivity index (χ4n) is 3.08. The van der Waals surface area contributed by atoms with Crippen molar-refractivity contribution >= 4 is 24.0 Å². The normalized spacial score (nSPS) is 16.4. The number of aromatic nitrogens is 2. The number of nitrogens with zero attached hydrogens (tertiary/aromatic N) is 2. The van der Waals surface area contributed by atoms with Crippen LogP contribution < -0.4 is 11.1 Å². The molecule has 0 bridgehead atoms. The van der Waals surface area contributed by atoms with Crippen molar-refractivity contribution in [3.8, 4) is 5.69 Å². The maximum absolute atomic E-state index is 12.4. The number of carbonyl (C=O) groups is 1. The molecule has 124 valence electrons. The van der Waals surface area contributed by atoms with E-state index < -0.39 is 6.04 Å². The fourth-order valence-corrected chi connectivity index (χ4v) is 3.08. The predicted molar refractivity (Wildman–Crippen MR) is 94.0 cm³/mol. The largest absolute Gasteiger partial charge is 0.325 e. The molecule has 0 saturated heterocycles. The van der Waals surface area contributed by atoms with E-state index in [0.29, 0.717) is 5.92 Å². The van der Waals surface area contributed by atoms with E-state index in [2.05, 4.69) is 10.4 Å². The molecule has 3 N–H and O–H groups in total. The minimum absolute atomic E-state index is 0. The topological polar surface area (TPSA) is 72.9 Å². The zero-order chi connectivity index (χ0) is 15.4. The Balaban J connectivity index is 0.00000192. The van der Waals surface area contributed by atoms with Crippen molar-refractivity contribution < 1.29 is 4.79 Å². The van der Waals surface area contributed by atoms with Crippen LogP contribution in [0.25, 0.3) is 5.69 Å². The van der Waals surface area contributed by atoms with Crippen LogP contribution in [0.3, 0.4) is 0 Å². The summed E-state index contributed by atoms with van der Waals surface area (Å²) in [5.74, 6) is 0.215. The van der Waals surface area contributed by atoms with E-state index in [-0.39, 0.29) is 18.3 Å². The van der Waals surface area contributed by atoms with Gasteiger partial charge in [0.25, 0.3) is 0 Å². The summed E-state index contributed by atoms with van der Waals surface area (Å²) in [5, 5.41) is 7.13. The molecule has 6 heteroatoms. The molecular formula is C17H23ClN4O. The number of hydrogen-bond acceptors (Lipinski definition) is 3. The molecule has 1 aliphatic rings. The molecule has 0 spiro atoms. The summed E-state index contributed by atoms with van der Waals surface area (Å²) in [4.78, 5) is 12.4. The summed E-state index contributed by atoms with van der Waals surface area (Å²) in [7, 11) is 0. The summed E-state index contributed by atoms with van der Waals surface area (Å²) >= 11 is 0. The Kier molecular flexibility index (Phi) is 6.19. The second-order valence-corrected chi connectivity index (χ2v) is 5.91. The summed E-state index contributed by atoms with van der Waals surface area (Å²) in [6, 6.07) is 9.07. The monoisotopic (exact) mass is 334 g/mol. The first-order valence-electron chi connectivity index (χ1n) is 7.90. The van der Waals surface area contributed by atoms with Crippen molar-refractivity contribution in [2.45, 2.75) is 38.1 Å². The molecule has 1 aromatic carbocycles. The maximum atomic E-state index is 12.4. The zero-order valence-electron chi connectivity index (χ0n) is 13.0. The number of nitrogens with two attached hydrogens (primary N) is 1. The molecule has 0 unspecified atom stereocenters. The van der Waals surface area contributed by atoms with Gasteiger partial charge in [0, 0.05) is 18.1 Å². The zero-order valence-corrected chi connectivity index (χ0v) is 13.8. The van der Waals surface area contributed by atoms with Crippen LogP contribution in [0.1, 0.15) is 32.1 Å². The Morgan fingerprint density at radius 1 is 1.26 bits per heavy atom. The molecule has 23 heavy (non-hydrogen) atoms. The van der Waals surface area contributed by atoms with Crippen LogP contribution in [0, 0.1) is 5.92 Å². The number of amides is 1. The maximum Gasteiger partial charge on any atom is 0.241 e. The number of anilines is 1. The number of nitrogens with one attached hydrogen (secondary N) is 1. The Bertz CT molecular complexity index is 623. The average molecular weight is 335 g/mol. The van der Waals surface area contributed by atoms with Crippen LogP contribution in [0.4, 0.5) is 5.69 Å². The van der Waals surface area contributed by atoms with Gasteiger partial charge in [-0.15, -0.1) is 12.4 Å². The number of halogens is 1. The Hall–Kier alpha value is -1.85. The lowest BCUT2D eigenvalue weighted by atomic mass is 9.84. The number of hydrogen-bond donors (Lipinski definition) is 2. The van der Waals surface area contributed by atoms with E-state index in [1.165, 1.54) is 19.3 Å². The van der Waals surface area contributed by atoms with Gasteiger partial charge in [0.15, 0.2) is 0 Å². The lowest BCUT2D eigenvalue weighted by molar-refractivity contribution is -0.118. The standard InChI is InChI=1S/C17H22N4O.ClH/c18-16(13-6-2-1-3-7-13)17(22)20-14-8-4-9-15(12-14)21-11-5-10-19-21;/h4-5,8-13,16H,1-3,6-7,18H2,(H,20,22);1H/t16-;/m0./s1. The van der Waals surface area contributed by atoms with Crippen LogP contribution in [0.5, 0.6) is 0 Å². The summed E-state index contributed by atoms with van der Waals surface area (Å²) in [6.45, 7) is 0. The van der Waals surface area contributed by atoms with Gasteiger partial charge in [0.1, 0.15) is 0 Å².